The fourth-order valence-corrected chi connectivity index (χ4v) is 4.68. The molecule has 0 aliphatic carbocycles. The maximum Gasteiger partial charge on any atom is 0.188 e. The lowest BCUT2D eigenvalue weighted by Crippen LogP contribution is -2.37. The van der Waals surface area contributed by atoms with Crippen molar-refractivity contribution in [1.82, 2.24) is 14.8 Å². The summed E-state index contributed by atoms with van der Waals surface area (Å²) in [4.78, 5) is 22.0. The summed E-state index contributed by atoms with van der Waals surface area (Å²) in [5.74, 6) is 1.08. The largest absolute Gasteiger partial charge is 0.494 e. The van der Waals surface area contributed by atoms with Gasteiger partial charge in [-0.1, -0.05) is 12.1 Å². The van der Waals surface area contributed by atoms with Crippen LogP contribution < -0.4 is 4.74 Å². The molecule has 1 aromatic carbocycles. The number of hydrogen-bond donors (Lipinski definition) is 0. The Kier molecular flexibility index (Phi) is 7.27. The van der Waals surface area contributed by atoms with E-state index in [-0.39, 0.29) is 11.8 Å². The first-order valence-corrected chi connectivity index (χ1v) is 11.4. The maximum absolute atomic E-state index is 12.5. The normalized spacial score (nSPS) is 20.8. The van der Waals surface area contributed by atoms with Gasteiger partial charge in [0.15, 0.2) is 5.78 Å². The van der Waals surface area contributed by atoms with Gasteiger partial charge in [-0.05, 0) is 43.5 Å². The number of benzene rings is 1. The van der Waals surface area contributed by atoms with Crippen molar-refractivity contribution in [3.05, 3.63) is 46.4 Å². The minimum Gasteiger partial charge on any atom is -0.494 e. The average molecular weight is 416 g/mol. The van der Waals surface area contributed by atoms with Gasteiger partial charge in [-0.25, -0.2) is 0 Å². The quantitative estimate of drug-likeness (QED) is 0.463. The first-order valence-electron chi connectivity index (χ1n) is 10.5. The van der Waals surface area contributed by atoms with Gasteiger partial charge in [0, 0.05) is 31.9 Å². The molecule has 1 atom stereocenters. The van der Waals surface area contributed by atoms with Crippen molar-refractivity contribution < 1.29 is 14.3 Å². The molecule has 0 radical (unpaired) electrons. The van der Waals surface area contributed by atoms with Gasteiger partial charge in [0.2, 0.25) is 0 Å². The van der Waals surface area contributed by atoms with Crippen molar-refractivity contribution in [3.8, 4) is 5.75 Å². The third-order valence-corrected chi connectivity index (χ3v) is 6.47. The molecule has 2 fully saturated rings. The van der Waals surface area contributed by atoms with E-state index in [1.807, 2.05) is 6.07 Å². The van der Waals surface area contributed by atoms with E-state index in [1.165, 1.54) is 16.9 Å². The molecule has 0 bridgehead atoms. The summed E-state index contributed by atoms with van der Waals surface area (Å²) >= 11 is 1.42. The SMILES string of the molecule is O=C(CN1CCCC1c1cccc(OCCCN2CCOCC2)c1)c1cncs1. The van der Waals surface area contributed by atoms with E-state index in [4.69, 9.17) is 9.47 Å². The zero-order valence-corrected chi connectivity index (χ0v) is 17.6. The molecule has 0 saturated carbocycles. The van der Waals surface area contributed by atoms with Crippen LogP contribution in [0.1, 0.15) is 40.5 Å². The van der Waals surface area contributed by atoms with Gasteiger partial charge < -0.3 is 9.47 Å². The van der Waals surface area contributed by atoms with E-state index in [0.29, 0.717) is 6.54 Å². The smallest absolute Gasteiger partial charge is 0.188 e. The number of Topliss-reactive ketones (excluding diaryl/α,β-unsaturated/α-hetero) is 1. The molecule has 6 nitrogen and oxygen atoms in total. The van der Waals surface area contributed by atoms with E-state index in [9.17, 15) is 4.79 Å². The first-order chi connectivity index (χ1) is 14.3. The molecule has 1 aromatic heterocycles. The van der Waals surface area contributed by atoms with Crippen LogP contribution in [-0.4, -0.2) is 73.1 Å². The van der Waals surface area contributed by atoms with Gasteiger partial charge in [-0.15, -0.1) is 11.3 Å². The van der Waals surface area contributed by atoms with E-state index in [2.05, 4.69) is 33.0 Å². The van der Waals surface area contributed by atoms with Crippen molar-refractivity contribution in [3.63, 3.8) is 0 Å². The third kappa shape index (κ3) is 5.63. The molecule has 2 aromatic rings. The Morgan fingerprint density at radius 2 is 2.17 bits per heavy atom. The van der Waals surface area contributed by atoms with Crippen LogP contribution in [0.4, 0.5) is 0 Å². The maximum atomic E-state index is 12.5. The third-order valence-electron chi connectivity index (χ3n) is 5.65. The van der Waals surface area contributed by atoms with Crippen molar-refractivity contribution in [2.45, 2.75) is 25.3 Å². The topological polar surface area (TPSA) is 54.9 Å². The number of hydrogen-bond acceptors (Lipinski definition) is 7. The molecule has 0 N–H and O–H groups in total. The van der Waals surface area contributed by atoms with E-state index in [0.717, 1.165) is 75.9 Å². The Morgan fingerprint density at radius 3 is 3.00 bits per heavy atom. The summed E-state index contributed by atoms with van der Waals surface area (Å²) in [7, 11) is 0. The Hall–Kier alpha value is -1.80. The molecular weight excluding hydrogens is 386 g/mol. The predicted molar refractivity (Wildman–Crippen MR) is 114 cm³/mol. The molecule has 2 aliphatic heterocycles. The fourth-order valence-electron chi connectivity index (χ4n) is 4.12. The van der Waals surface area contributed by atoms with Gasteiger partial charge in [-0.3, -0.25) is 19.6 Å². The molecule has 2 aliphatic rings. The Balaban J connectivity index is 1.29. The Labute approximate surface area is 176 Å². The molecule has 0 spiro atoms. The van der Waals surface area contributed by atoms with Crippen LogP contribution in [0.2, 0.25) is 0 Å². The van der Waals surface area contributed by atoms with Crippen LogP contribution in [0.25, 0.3) is 0 Å². The van der Waals surface area contributed by atoms with Crippen molar-refractivity contribution in [2.24, 2.45) is 0 Å². The number of thiazole rings is 1. The minimum atomic E-state index is 0.162. The molecular formula is C22H29N3O3S. The second-order valence-corrected chi connectivity index (χ2v) is 8.53. The highest BCUT2D eigenvalue weighted by atomic mass is 32.1. The van der Waals surface area contributed by atoms with Crippen LogP contribution >= 0.6 is 11.3 Å². The lowest BCUT2D eigenvalue weighted by molar-refractivity contribution is 0.0358. The molecule has 0 amide bonds. The molecule has 2 saturated heterocycles. The van der Waals surface area contributed by atoms with E-state index >= 15 is 0 Å². The lowest BCUT2D eigenvalue weighted by atomic mass is 10.0. The molecule has 29 heavy (non-hydrogen) atoms. The highest BCUT2D eigenvalue weighted by molar-refractivity contribution is 7.11. The second-order valence-electron chi connectivity index (χ2n) is 7.65. The standard InChI is InChI=1S/C22H29N3O3S/c26-21(22-15-23-17-29-22)16-25-8-2-6-20(25)18-4-1-5-19(14-18)28-11-3-7-24-9-12-27-13-10-24/h1,4-5,14-15,17,20H,2-3,6-13,16H2. The highest BCUT2D eigenvalue weighted by Gasteiger charge is 2.28. The van der Waals surface area contributed by atoms with Crippen LogP contribution in [0.5, 0.6) is 5.75 Å². The average Bonchev–Trinajstić information content (AvgIpc) is 3.44. The van der Waals surface area contributed by atoms with E-state index in [1.54, 1.807) is 11.7 Å². The van der Waals surface area contributed by atoms with E-state index < -0.39 is 0 Å². The molecule has 3 heterocycles. The zero-order chi connectivity index (χ0) is 19.9. The van der Waals surface area contributed by atoms with Crippen molar-refractivity contribution in [1.29, 1.82) is 0 Å². The molecule has 156 valence electrons. The number of aromatic nitrogens is 1. The number of morpholine rings is 1. The van der Waals surface area contributed by atoms with Gasteiger partial charge in [-0.2, -0.15) is 0 Å². The molecule has 4 rings (SSSR count). The first kappa shape index (κ1) is 20.5. The lowest BCUT2D eigenvalue weighted by Gasteiger charge is -2.26. The second kappa shape index (κ2) is 10.3. The van der Waals surface area contributed by atoms with Crippen LogP contribution in [0.15, 0.2) is 36.0 Å². The minimum absolute atomic E-state index is 0.162. The number of ketones is 1. The van der Waals surface area contributed by atoms with Gasteiger partial charge in [0.25, 0.3) is 0 Å². The number of ether oxygens (including phenoxy) is 2. The number of likely N-dealkylation sites (tertiary alicyclic amines) is 1. The predicted octanol–water partition coefficient (Wildman–Crippen LogP) is 3.26. The summed E-state index contributed by atoms with van der Waals surface area (Å²) in [6.45, 7) is 6.91. The van der Waals surface area contributed by atoms with Crippen LogP contribution in [-0.2, 0) is 4.74 Å². The summed E-state index contributed by atoms with van der Waals surface area (Å²) in [6, 6.07) is 8.67. The van der Waals surface area contributed by atoms with Gasteiger partial charge >= 0.3 is 0 Å². The van der Waals surface area contributed by atoms with Crippen molar-refractivity contribution in [2.75, 3.05) is 52.5 Å². The summed E-state index contributed by atoms with van der Waals surface area (Å²) in [5, 5.41) is 0. The van der Waals surface area contributed by atoms with Gasteiger partial charge in [0.1, 0.15) is 5.75 Å². The Morgan fingerprint density at radius 1 is 1.28 bits per heavy atom. The highest BCUT2D eigenvalue weighted by Crippen LogP contribution is 2.33. The number of carbonyl (C=O) groups excluding carboxylic acids is 1. The summed E-state index contributed by atoms with van der Waals surface area (Å²) < 4.78 is 11.4. The number of rotatable bonds is 9. The fraction of sp³-hybridized carbons (Fsp3) is 0.545. The van der Waals surface area contributed by atoms with Crippen LogP contribution in [0.3, 0.4) is 0 Å². The number of nitrogens with zero attached hydrogens (tertiary/aromatic N) is 3. The monoisotopic (exact) mass is 415 g/mol. The number of carbonyl (C=O) groups is 1. The Bertz CT molecular complexity index is 777. The molecule has 7 heteroatoms. The van der Waals surface area contributed by atoms with Crippen molar-refractivity contribution >= 4 is 17.1 Å². The zero-order valence-electron chi connectivity index (χ0n) is 16.8. The van der Waals surface area contributed by atoms with Crippen LogP contribution in [0, 0.1) is 0 Å². The summed E-state index contributed by atoms with van der Waals surface area (Å²) in [5.41, 5.74) is 2.96. The molecule has 1 unspecified atom stereocenters. The summed E-state index contributed by atoms with van der Waals surface area (Å²) in [6.07, 6.45) is 4.88. The van der Waals surface area contributed by atoms with Gasteiger partial charge in [0.05, 0.1) is 36.8 Å².